The Hall–Kier alpha value is -3.54. The van der Waals surface area contributed by atoms with Crippen LogP contribution in [0.15, 0.2) is 60.8 Å². The van der Waals surface area contributed by atoms with E-state index in [0.29, 0.717) is 18.0 Å². The molecule has 0 atom stereocenters. The number of methoxy groups -OCH3 is 1. The average Bonchev–Trinajstić information content (AvgIpc) is 2.70. The van der Waals surface area contributed by atoms with Crippen molar-refractivity contribution >= 4 is 23.0 Å². The molecule has 2 N–H and O–H groups in total. The monoisotopic (exact) mass is 377 g/mol. The second kappa shape index (κ2) is 8.90. The molecule has 1 heterocycles. The second-order valence-electron chi connectivity index (χ2n) is 6.17. The van der Waals surface area contributed by atoms with Gasteiger partial charge in [-0.3, -0.25) is 9.78 Å². The van der Waals surface area contributed by atoms with Crippen LogP contribution in [0.25, 0.3) is 0 Å². The summed E-state index contributed by atoms with van der Waals surface area (Å²) in [6.07, 6.45) is 1.59. The molecule has 6 nitrogen and oxygen atoms in total. The Labute approximate surface area is 164 Å². The van der Waals surface area contributed by atoms with Gasteiger partial charge in [0.15, 0.2) is 0 Å². The fraction of sp³-hybridized carbons (Fsp3) is 0.182. The topological polar surface area (TPSA) is 72.5 Å². The molecule has 0 radical (unpaired) electrons. The number of carbonyl (C=O) groups excluding carboxylic acids is 1. The molecule has 144 valence electrons. The Balaban J connectivity index is 1.73. The third kappa shape index (κ3) is 4.79. The van der Waals surface area contributed by atoms with Crippen molar-refractivity contribution in [1.82, 2.24) is 4.98 Å². The zero-order chi connectivity index (χ0) is 19.9. The number of hydrogen-bond donors (Lipinski definition) is 2. The van der Waals surface area contributed by atoms with Gasteiger partial charge in [-0.05, 0) is 67.9 Å². The molecule has 0 fully saturated rings. The van der Waals surface area contributed by atoms with E-state index in [2.05, 4.69) is 15.6 Å². The highest BCUT2D eigenvalue weighted by Gasteiger charge is 2.10. The molecular weight excluding hydrogens is 354 g/mol. The van der Waals surface area contributed by atoms with Crippen LogP contribution < -0.4 is 20.1 Å². The number of anilines is 3. The molecule has 0 spiro atoms. The van der Waals surface area contributed by atoms with E-state index in [-0.39, 0.29) is 5.91 Å². The van der Waals surface area contributed by atoms with Gasteiger partial charge in [0.2, 0.25) is 0 Å². The first-order valence-electron chi connectivity index (χ1n) is 9.01. The van der Waals surface area contributed by atoms with Crippen LogP contribution in [-0.2, 0) is 0 Å². The Bertz CT molecular complexity index is 955. The Kier molecular flexibility index (Phi) is 6.11. The van der Waals surface area contributed by atoms with Crippen LogP contribution in [0, 0.1) is 6.92 Å². The summed E-state index contributed by atoms with van der Waals surface area (Å²) in [5.41, 5.74) is 3.66. The molecule has 0 unspecified atom stereocenters. The lowest BCUT2D eigenvalue weighted by Crippen LogP contribution is -2.13. The molecule has 0 saturated heterocycles. The molecule has 0 saturated carbocycles. The molecule has 1 aromatic heterocycles. The van der Waals surface area contributed by atoms with Crippen molar-refractivity contribution in [3.05, 3.63) is 72.1 Å². The van der Waals surface area contributed by atoms with Crippen molar-refractivity contribution in [3.63, 3.8) is 0 Å². The summed E-state index contributed by atoms with van der Waals surface area (Å²) in [6.45, 7) is 4.53. The zero-order valence-corrected chi connectivity index (χ0v) is 16.2. The third-order valence-corrected chi connectivity index (χ3v) is 4.05. The minimum Gasteiger partial charge on any atom is -0.495 e. The largest absolute Gasteiger partial charge is 0.495 e. The molecule has 0 aliphatic carbocycles. The predicted octanol–water partition coefficient (Wildman–Crippen LogP) is 4.79. The van der Waals surface area contributed by atoms with Gasteiger partial charge in [-0.15, -0.1) is 0 Å². The molecule has 0 aliphatic rings. The van der Waals surface area contributed by atoms with E-state index in [9.17, 15) is 4.79 Å². The molecule has 2 aromatic carbocycles. The van der Waals surface area contributed by atoms with Crippen molar-refractivity contribution in [2.24, 2.45) is 0 Å². The van der Waals surface area contributed by atoms with Crippen LogP contribution in [0.2, 0.25) is 0 Å². The van der Waals surface area contributed by atoms with Crippen LogP contribution in [0.1, 0.15) is 23.0 Å². The van der Waals surface area contributed by atoms with Crippen LogP contribution >= 0.6 is 0 Å². The lowest BCUT2D eigenvalue weighted by atomic mass is 10.2. The molecule has 3 aromatic rings. The zero-order valence-electron chi connectivity index (χ0n) is 16.2. The quantitative estimate of drug-likeness (QED) is 0.619. The Morgan fingerprint density at radius 2 is 1.82 bits per heavy atom. The highest BCUT2D eigenvalue weighted by atomic mass is 16.5. The standard InChI is InChI=1S/C22H23N3O3/c1-4-28-18-8-6-16(7-9-18)25-22(26)20-14-17(11-12-23-20)24-19-13-15(2)5-10-21(19)27-3/h5-14H,4H2,1-3H3,(H,23,24)(H,25,26). The van der Waals surface area contributed by atoms with Crippen molar-refractivity contribution in [2.45, 2.75) is 13.8 Å². The number of rotatable bonds is 7. The van der Waals surface area contributed by atoms with E-state index in [0.717, 1.165) is 28.4 Å². The SMILES string of the molecule is CCOc1ccc(NC(=O)c2cc(Nc3cc(C)ccc3OC)ccn2)cc1. The highest BCUT2D eigenvalue weighted by Crippen LogP contribution is 2.28. The van der Waals surface area contributed by atoms with Crippen LogP contribution in [0.5, 0.6) is 11.5 Å². The van der Waals surface area contributed by atoms with E-state index in [1.54, 1.807) is 37.6 Å². The van der Waals surface area contributed by atoms with Gasteiger partial charge in [0.1, 0.15) is 17.2 Å². The summed E-state index contributed by atoms with van der Waals surface area (Å²) in [4.78, 5) is 16.7. The normalized spacial score (nSPS) is 10.2. The summed E-state index contributed by atoms with van der Waals surface area (Å²) >= 11 is 0. The molecule has 0 bridgehead atoms. The fourth-order valence-electron chi connectivity index (χ4n) is 2.70. The fourth-order valence-corrected chi connectivity index (χ4v) is 2.70. The maximum absolute atomic E-state index is 12.5. The van der Waals surface area contributed by atoms with Gasteiger partial charge in [0, 0.05) is 17.6 Å². The second-order valence-corrected chi connectivity index (χ2v) is 6.17. The Morgan fingerprint density at radius 1 is 1.04 bits per heavy atom. The van der Waals surface area contributed by atoms with Gasteiger partial charge in [0.05, 0.1) is 19.4 Å². The van der Waals surface area contributed by atoms with Gasteiger partial charge in [-0.1, -0.05) is 6.07 Å². The summed E-state index contributed by atoms with van der Waals surface area (Å²) in [5.74, 6) is 1.20. The van der Waals surface area contributed by atoms with Gasteiger partial charge in [0.25, 0.3) is 5.91 Å². The predicted molar refractivity (Wildman–Crippen MR) is 111 cm³/mol. The lowest BCUT2D eigenvalue weighted by molar-refractivity contribution is 0.102. The van der Waals surface area contributed by atoms with E-state index in [1.807, 2.05) is 44.2 Å². The first-order chi connectivity index (χ1) is 13.6. The number of aromatic nitrogens is 1. The molecule has 0 aliphatic heterocycles. The maximum atomic E-state index is 12.5. The third-order valence-electron chi connectivity index (χ3n) is 4.05. The first-order valence-corrected chi connectivity index (χ1v) is 9.01. The van der Waals surface area contributed by atoms with Crippen molar-refractivity contribution in [1.29, 1.82) is 0 Å². The van der Waals surface area contributed by atoms with E-state index < -0.39 is 0 Å². The van der Waals surface area contributed by atoms with E-state index in [4.69, 9.17) is 9.47 Å². The minimum atomic E-state index is -0.288. The summed E-state index contributed by atoms with van der Waals surface area (Å²) in [5, 5.41) is 6.12. The molecular formula is C22H23N3O3. The molecule has 28 heavy (non-hydrogen) atoms. The van der Waals surface area contributed by atoms with E-state index >= 15 is 0 Å². The summed E-state index contributed by atoms with van der Waals surface area (Å²) in [7, 11) is 1.62. The van der Waals surface area contributed by atoms with Crippen molar-refractivity contribution in [2.75, 3.05) is 24.4 Å². The van der Waals surface area contributed by atoms with Crippen molar-refractivity contribution < 1.29 is 14.3 Å². The molecule has 1 amide bonds. The van der Waals surface area contributed by atoms with Crippen LogP contribution in [-0.4, -0.2) is 24.6 Å². The number of aryl methyl sites for hydroxylation is 1. The van der Waals surface area contributed by atoms with E-state index in [1.165, 1.54) is 0 Å². The van der Waals surface area contributed by atoms with Crippen molar-refractivity contribution in [3.8, 4) is 11.5 Å². The highest BCUT2D eigenvalue weighted by molar-refractivity contribution is 6.03. The minimum absolute atomic E-state index is 0.288. The van der Waals surface area contributed by atoms with Crippen LogP contribution in [0.3, 0.4) is 0 Å². The summed E-state index contributed by atoms with van der Waals surface area (Å²) in [6, 6.07) is 16.6. The number of carbonyl (C=O) groups is 1. The maximum Gasteiger partial charge on any atom is 0.274 e. The summed E-state index contributed by atoms with van der Waals surface area (Å²) < 4.78 is 10.8. The van der Waals surface area contributed by atoms with Crippen LogP contribution in [0.4, 0.5) is 17.1 Å². The number of ether oxygens (including phenoxy) is 2. The number of hydrogen-bond acceptors (Lipinski definition) is 5. The van der Waals surface area contributed by atoms with Gasteiger partial charge in [-0.2, -0.15) is 0 Å². The van der Waals surface area contributed by atoms with Gasteiger partial charge >= 0.3 is 0 Å². The lowest BCUT2D eigenvalue weighted by Gasteiger charge is -2.13. The number of nitrogens with zero attached hydrogens (tertiary/aromatic N) is 1. The Morgan fingerprint density at radius 3 is 2.54 bits per heavy atom. The number of nitrogens with one attached hydrogen (secondary N) is 2. The average molecular weight is 377 g/mol. The number of pyridine rings is 1. The number of amides is 1. The smallest absolute Gasteiger partial charge is 0.274 e. The molecule has 6 heteroatoms. The number of benzene rings is 2. The van der Waals surface area contributed by atoms with Gasteiger partial charge < -0.3 is 20.1 Å². The van der Waals surface area contributed by atoms with Gasteiger partial charge in [-0.25, -0.2) is 0 Å². The first kappa shape index (κ1) is 19.2. The molecule has 3 rings (SSSR count).